The third-order valence-corrected chi connectivity index (χ3v) is 3.11. The van der Waals surface area contributed by atoms with E-state index in [1.165, 1.54) is 36.4 Å². The van der Waals surface area contributed by atoms with Gasteiger partial charge in [-0.3, -0.25) is 25.2 Å². The van der Waals surface area contributed by atoms with Crippen molar-refractivity contribution in [3.8, 4) is 11.5 Å². The van der Waals surface area contributed by atoms with E-state index < -0.39 is 10.8 Å². The van der Waals surface area contributed by atoms with Crippen molar-refractivity contribution in [1.29, 1.82) is 0 Å². The molecule has 0 saturated carbocycles. The number of anilines is 1. The van der Waals surface area contributed by atoms with Crippen molar-refractivity contribution in [3.63, 3.8) is 0 Å². The Hall–Kier alpha value is -3.88. The first-order chi connectivity index (χ1) is 12.1. The molecule has 9 nitrogen and oxygen atoms in total. The molecule has 3 aromatic rings. The van der Waals surface area contributed by atoms with E-state index >= 15 is 0 Å². The van der Waals surface area contributed by atoms with Gasteiger partial charge in [-0.25, -0.2) is 0 Å². The average molecular weight is 337 g/mol. The number of carbonyl (C=O) groups excluding carboxylic acids is 1. The summed E-state index contributed by atoms with van der Waals surface area (Å²) in [6, 6.07) is 9.16. The van der Waals surface area contributed by atoms with Gasteiger partial charge in [0.25, 0.3) is 11.6 Å². The van der Waals surface area contributed by atoms with Crippen LogP contribution in [0.4, 0.5) is 11.7 Å². The minimum absolute atomic E-state index is 0.0175. The van der Waals surface area contributed by atoms with Crippen LogP contribution in [0.5, 0.6) is 0 Å². The molecule has 0 atom stereocenters. The number of non-ortho nitro benzene ring substituents is 1. The standard InChI is InChI=1S/C16H11N5O4/c22-14(6-3-11-1-4-13(5-2-11)21(23)24)18-16-20-19-15(25-16)12-7-9-17-10-8-12/h1-10H,(H,18,20,22). The van der Waals surface area contributed by atoms with E-state index in [1.807, 2.05) is 0 Å². The third kappa shape index (κ3) is 4.10. The zero-order chi connectivity index (χ0) is 17.6. The molecule has 0 unspecified atom stereocenters. The summed E-state index contributed by atoms with van der Waals surface area (Å²) in [6.07, 6.45) is 5.95. The van der Waals surface area contributed by atoms with Crippen LogP contribution >= 0.6 is 0 Å². The quantitative estimate of drug-likeness (QED) is 0.431. The molecule has 2 aromatic heterocycles. The first kappa shape index (κ1) is 16.0. The van der Waals surface area contributed by atoms with Crippen LogP contribution in [-0.2, 0) is 4.79 Å². The highest BCUT2D eigenvalue weighted by Crippen LogP contribution is 2.18. The zero-order valence-corrected chi connectivity index (χ0v) is 12.7. The molecule has 1 amide bonds. The lowest BCUT2D eigenvalue weighted by Crippen LogP contribution is -2.07. The summed E-state index contributed by atoms with van der Waals surface area (Å²) in [7, 11) is 0. The van der Waals surface area contributed by atoms with Gasteiger partial charge >= 0.3 is 6.01 Å². The Bertz CT molecular complexity index is 919. The summed E-state index contributed by atoms with van der Waals surface area (Å²) in [4.78, 5) is 25.8. The summed E-state index contributed by atoms with van der Waals surface area (Å²) < 4.78 is 5.34. The molecular weight excluding hydrogens is 326 g/mol. The van der Waals surface area contributed by atoms with E-state index in [2.05, 4.69) is 20.5 Å². The molecule has 3 rings (SSSR count). The Balaban J connectivity index is 1.63. The molecule has 1 N–H and O–H groups in total. The van der Waals surface area contributed by atoms with Crippen molar-refractivity contribution in [1.82, 2.24) is 15.2 Å². The Morgan fingerprint density at radius 1 is 1.12 bits per heavy atom. The highest BCUT2D eigenvalue weighted by atomic mass is 16.6. The van der Waals surface area contributed by atoms with Crippen LogP contribution in [0.1, 0.15) is 5.56 Å². The van der Waals surface area contributed by atoms with Gasteiger partial charge in [0.05, 0.1) is 4.92 Å². The molecule has 0 aliphatic heterocycles. The van der Waals surface area contributed by atoms with E-state index in [-0.39, 0.29) is 17.6 Å². The monoisotopic (exact) mass is 337 g/mol. The molecule has 0 fully saturated rings. The topological polar surface area (TPSA) is 124 Å². The van der Waals surface area contributed by atoms with Gasteiger partial charge in [0.2, 0.25) is 5.89 Å². The lowest BCUT2D eigenvalue weighted by molar-refractivity contribution is -0.384. The largest absolute Gasteiger partial charge is 0.403 e. The maximum atomic E-state index is 11.9. The van der Waals surface area contributed by atoms with E-state index in [4.69, 9.17) is 4.42 Å². The number of nitro benzene ring substituents is 1. The molecule has 0 bridgehead atoms. The summed E-state index contributed by atoms with van der Waals surface area (Å²) in [5.41, 5.74) is 1.31. The number of hydrogen-bond donors (Lipinski definition) is 1. The Morgan fingerprint density at radius 2 is 1.84 bits per heavy atom. The van der Waals surface area contributed by atoms with Crippen molar-refractivity contribution in [3.05, 3.63) is 70.5 Å². The fraction of sp³-hybridized carbons (Fsp3) is 0. The molecule has 25 heavy (non-hydrogen) atoms. The van der Waals surface area contributed by atoms with Crippen LogP contribution in [0.3, 0.4) is 0 Å². The number of aromatic nitrogens is 3. The predicted octanol–water partition coefficient (Wildman–Crippen LogP) is 2.69. The van der Waals surface area contributed by atoms with Crippen molar-refractivity contribution in [2.24, 2.45) is 0 Å². The first-order valence-electron chi connectivity index (χ1n) is 7.09. The van der Waals surface area contributed by atoms with Crippen molar-refractivity contribution in [2.45, 2.75) is 0 Å². The second-order valence-corrected chi connectivity index (χ2v) is 4.82. The Morgan fingerprint density at radius 3 is 2.52 bits per heavy atom. The normalized spacial score (nSPS) is 10.7. The molecule has 124 valence electrons. The molecule has 0 spiro atoms. The second-order valence-electron chi connectivity index (χ2n) is 4.82. The highest BCUT2D eigenvalue weighted by molar-refractivity contribution is 6.00. The average Bonchev–Trinajstić information content (AvgIpc) is 3.09. The van der Waals surface area contributed by atoms with Crippen LogP contribution < -0.4 is 5.32 Å². The zero-order valence-electron chi connectivity index (χ0n) is 12.7. The molecule has 0 aliphatic carbocycles. The fourth-order valence-corrected chi connectivity index (χ4v) is 1.91. The van der Waals surface area contributed by atoms with Gasteiger partial charge in [-0.1, -0.05) is 5.10 Å². The molecular formula is C16H11N5O4. The number of carbonyl (C=O) groups is 1. The van der Waals surface area contributed by atoms with Crippen molar-refractivity contribution in [2.75, 3.05) is 5.32 Å². The van der Waals surface area contributed by atoms with Gasteiger partial charge in [0.1, 0.15) is 0 Å². The fourth-order valence-electron chi connectivity index (χ4n) is 1.91. The van der Waals surface area contributed by atoms with Crippen LogP contribution in [0.2, 0.25) is 0 Å². The predicted molar refractivity (Wildman–Crippen MR) is 88.3 cm³/mol. The van der Waals surface area contributed by atoms with E-state index in [9.17, 15) is 14.9 Å². The van der Waals surface area contributed by atoms with Gasteiger partial charge in [-0.15, -0.1) is 5.10 Å². The first-order valence-corrected chi connectivity index (χ1v) is 7.09. The van der Waals surface area contributed by atoms with Crippen LogP contribution in [0, 0.1) is 10.1 Å². The SMILES string of the molecule is O=C(C=Cc1ccc([N+](=O)[O-])cc1)Nc1nnc(-c2ccncc2)o1. The second kappa shape index (κ2) is 7.13. The number of benzene rings is 1. The van der Waals surface area contributed by atoms with Crippen LogP contribution in [0.25, 0.3) is 17.5 Å². The molecule has 0 aliphatic rings. The highest BCUT2D eigenvalue weighted by Gasteiger charge is 2.09. The van der Waals surface area contributed by atoms with E-state index in [0.717, 1.165) is 0 Å². The van der Waals surface area contributed by atoms with E-state index in [1.54, 1.807) is 24.5 Å². The lowest BCUT2D eigenvalue weighted by Gasteiger charge is -1.96. The molecule has 0 radical (unpaired) electrons. The number of rotatable bonds is 5. The molecule has 2 heterocycles. The lowest BCUT2D eigenvalue weighted by atomic mass is 10.2. The maximum Gasteiger partial charge on any atom is 0.322 e. The summed E-state index contributed by atoms with van der Waals surface area (Å²) in [5, 5.41) is 20.6. The third-order valence-electron chi connectivity index (χ3n) is 3.11. The Kier molecular flexibility index (Phi) is 4.56. The van der Waals surface area contributed by atoms with E-state index in [0.29, 0.717) is 11.1 Å². The number of amides is 1. The smallest absolute Gasteiger partial charge is 0.322 e. The number of nitro groups is 1. The summed E-state index contributed by atoms with van der Waals surface area (Å²) >= 11 is 0. The van der Waals surface area contributed by atoms with Gasteiger partial charge in [0.15, 0.2) is 0 Å². The van der Waals surface area contributed by atoms with Gasteiger partial charge in [-0.05, 0) is 35.9 Å². The maximum absolute atomic E-state index is 11.9. The number of hydrogen-bond acceptors (Lipinski definition) is 7. The summed E-state index contributed by atoms with van der Waals surface area (Å²) in [6.45, 7) is 0. The van der Waals surface area contributed by atoms with Crippen molar-refractivity contribution >= 4 is 23.7 Å². The minimum atomic E-state index is -0.490. The summed E-state index contributed by atoms with van der Waals surface area (Å²) in [5.74, 6) is -0.208. The molecule has 0 saturated heterocycles. The number of nitrogens with zero attached hydrogens (tertiary/aromatic N) is 4. The Labute approximate surface area is 141 Å². The molecule has 9 heteroatoms. The number of nitrogens with one attached hydrogen (secondary N) is 1. The van der Waals surface area contributed by atoms with Crippen LogP contribution in [-0.4, -0.2) is 26.0 Å². The van der Waals surface area contributed by atoms with Crippen molar-refractivity contribution < 1.29 is 14.1 Å². The van der Waals surface area contributed by atoms with Gasteiger partial charge in [0, 0.05) is 36.2 Å². The number of pyridine rings is 1. The molecule has 1 aromatic carbocycles. The van der Waals surface area contributed by atoms with Gasteiger partial charge in [-0.2, -0.15) is 0 Å². The van der Waals surface area contributed by atoms with Gasteiger partial charge < -0.3 is 4.42 Å². The van der Waals surface area contributed by atoms with Crippen LogP contribution in [0.15, 0.2) is 59.3 Å². The minimum Gasteiger partial charge on any atom is -0.403 e.